The van der Waals surface area contributed by atoms with E-state index in [0.29, 0.717) is 23.7 Å². The molecule has 1 N–H and O–H groups in total. The van der Waals surface area contributed by atoms with Gasteiger partial charge in [0.2, 0.25) is 11.8 Å². The second-order valence-electron chi connectivity index (χ2n) is 6.24. The van der Waals surface area contributed by atoms with Crippen LogP contribution in [0.4, 0.5) is 5.69 Å². The summed E-state index contributed by atoms with van der Waals surface area (Å²) in [5.74, 6) is 1.84. The highest BCUT2D eigenvalue weighted by Crippen LogP contribution is 2.30. The molecule has 2 fully saturated rings. The van der Waals surface area contributed by atoms with Gasteiger partial charge in [0.05, 0.1) is 17.7 Å². The van der Waals surface area contributed by atoms with Gasteiger partial charge < -0.3 is 15.0 Å². The van der Waals surface area contributed by atoms with E-state index in [-0.39, 0.29) is 17.9 Å². The molecule has 1 heterocycles. The Balaban J connectivity index is 1.68. The van der Waals surface area contributed by atoms with E-state index in [1.54, 1.807) is 16.7 Å². The molecule has 6 heteroatoms. The second kappa shape index (κ2) is 7.92. The first-order valence-electron chi connectivity index (χ1n) is 8.62. The molecule has 0 bridgehead atoms. The lowest BCUT2D eigenvalue weighted by molar-refractivity contribution is -0.135. The van der Waals surface area contributed by atoms with Crippen molar-refractivity contribution in [3.63, 3.8) is 0 Å². The Kier molecular flexibility index (Phi) is 5.66. The van der Waals surface area contributed by atoms with Crippen LogP contribution >= 0.6 is 11.8 Å². The number of hydrogen-bond acceptors (Lipinski definition) is 4. The van der Waals surface area contributed by atoms with Crippen molar-refractivity contribution in [3.05, 3.63) is 24.3 Å². The number of carbonyl (C=O) groups is 2. The Hall–Kier alpha value is -1.69. The van der Waals surface area contributed by atoms with Crippen LogP contribution in [0.25, 0.3) is 0 Å². The Morgan fingerprint density at radius 1 is 1.29 bits per heavy atom. The minimum Gasteiger partial charge on any atom is -0.488 e. The van der Waals surface area contributed by atoms with E-state index < -0.39 is 6.04 Å². The average Bonchev–Trinajstić information content (AvgIpc) is 3.27. The van der Waals surface area contributed by atoms with Crippen LogP contribution in [0, 0.1) is 0 Å². The number of amides is 2. The summed E-state index contributed by atoms with van der Waals surface area (Å²) >= 11 is 1.62. The first-order chi connectivity index (χ1) is 11.7. The molecule has 1 aliphatic heterocycles. The molecule has 130 valence electrons. The maximum absolute atomic E-state index is 12.7. The highest BCUT2D eigenvalue weighted by atomic mass is 32.2. The molecule has 0 spiro atoms. The summed E-state index contributed by atoms with van der Waals surface area (Å²) < 4.78 is 6.06. The molecule has 2 aliphatic rings. The monoisotopic (exact) mass is 348 g/mol. The minimum atomic E-state index is -0.401. The van der Waals surface area contributed by atoms with Crippen molar-refractivity contribution in [2.45, 2.75) is 51.2 Å². The van der Waals surface area contributed by atoms with E-state index >= 15 is 0 Å². The third kappa shape index (κ3) is 3.86. The number of anilines is 1. The van der Waals surface area contributed by atoms with E-state index in [4.69, 9.17) is 4.74 Å². The van der Waals surface area contributed by atoms with Gasteiger partial charge in [0.1, 0.15) is 11.8 Å². The molecule has 1 aromatic rings. The number of rotatable bonds is 5. The van der Waals surface area contributed by atoms with E-state index in [2.05, 4.69) is 5.32 Å². The van der Waals surface area contributed by atoms with Gasteiger partial charge in [-0.15, -0.1) is 11.8 Å². The van der Waals surface area contributed by atoms with Gasteiger partial charge in [-0.2, -0.15) is 0 Å². The zero-order valence-corrected chi connectivity index (χ0v) is 14.8. The predicted octanol–water partition coefficient (Wildman–Crippen LogP) is 3.26. The zero-order valence-electron chi connectivity index (χ0n) is 14.0. The fraction of sp³-hybridized carbons (Fsp3) is 0.556. The summed E-state index contributed by atoms with van der Waals surface area (Å²) in [6.07, 6.45) is 5.20. The quantitative estimate of drug-likeness (QED) is 0.887. The highest BCUT2D eigenvalue weighted by molar-refractivity contribution is 7.99. The third-order valence-corrected chi connectivity index (χ3v) is 5.56. The SMILES string of the molecule is CCC(=O)N1CSCC1C(=O)Nc1ccccc1OC1CCCC1. The number of carbonyl (C=O) groups excluding carboxylic acids is 2. The van der Waals surface area contributed by atoms with E-state index in [1.165, 1.54) is 12.8 Å². The van der Waals surface area contributed by atoms with Gasteiger partial charge in [0.15, 0.2) is 0 Å². The van der Waals surface area contributed by atoms with Gasteiger partial charge in [-0.3, -0.25) is 9.59 Å². The van der Waals surface area contributed by atoms with Crippen molar-refractivity contribution in [2.24, 2.45) is 0 Å². The molecular weight excluding hydrogens is 324 g/mol. The lowest BCUT2D eigenvalue weighted by Crippen LogP contribution is -2.44. The number of nitrogens with one attached hydrogen (secondary N) is 1. The van der Waals surface area contributed by atoms with E-state index in [0.717, 1.165) is 18.6 Å². The lowest BCUT2D eigenvalue weighted by Gasteiger charge is -2.23. The van der Waals surface area contributed by atoms with Crippen LogP contribution in [0.3, 0.4) is 0 Å². The zero-order chi connectivity index (χ0) is 16.9. The maximum Gasteiger partial charge on any atom is 0.248 e. The second-order valence-corrected chi connectivity index (χ2v) is 7.24. The molecule has 1 saturated heterocycles. The normalized spacial score (nSPS) is 21.0. The predicted molar refractivity (Wildman–Crippen MR) is 96.2 cm³/mol. The molecular formula is C18H24N2O3S. The summed E-state index contributed by atoms with van der Waals surface area (Å²) in [7, 11) is 0. The maximum atomic E-state index is 12.7. The molecule has 1 aliphatic carbocycles. The molecule has 0 aromatic heterocycles. The molecule has 1 atom stereocenters. The standard InChI is InChI=1S/C18H24N2O3S/c1-2-17(21)20-12-24-11-15(20)18(22)19-14-9-5-6-10-16(14)23-13-7-3-4-8-13/h5-6,9-10,13,15H,2-4,7-8,11-12H2,1H3,(H,19,22). The van der Waals surface area contributed by atoms with Gasteiger partial charge in [-0.05, 0) is 37.8 Å². The van der Waals surface area contributed by atoms with Gasteiger partial charge in [0, 0.05) is 12.2 Å². The largest absolute Gasteiger partial charge is 0.488 e. The van der Waals surface area contributed by atoms with Gasteiger partial charge in [0.25, 0.3) is 0 Å². The van der Waals surface area contributed by atoms with Gasteiger partial charge >= 0.3 is 0 Å². The van der Waals surface area contributed by atoms with Crippen molar-refractivity contribution >= 4 is 29.3 Å². The van der Waals surface area contributed by atoms with Gasteiger partial charge in [-0.25, -0.2) is 0 Å². The van der Waals surface area contributed by atoms with Crippen LogP contribution in [0.2, 0.25) is 0 Å². The molecule has 3 rings (SSSR count). The van der Waals surface area contributed by atoms with Crippen molar-refractivity contribution in [1.29, 1.82) is 0 Å². The van der Waals surface area contributed by atoms with Crippen molar-refractivity contribution in [1.82, 2.24) is 4.90 Å². The lowest BCUT2D eigenvalue weighted by atomic mass is 10.2. The van der Waals surface area contributed by atoms with Crippen LogP contribution in [0.1, 0.15) is 39.0 Å². The number of hydrogen-bond donors (Lipinski definition) is 1. The number of para-hydroxylation sites is 2. The first-order valence-corrected chi connectivity index (χ1v) is 9.78. The van der Waals surface area contributed by atoms with Gasteiger partial charge in [-0.1, -0.05) is 19.1 Å². The number of benzene rings is 1. The molecule has 1 aromatic carbocycles. The topological polar surface area (TPSA) is 58.6 Å². The molecule has 5 nitrogen and oxygen atoms in total. The fourth-order valence-electron chi connectivity index (χ4n) is 3.18. The summed E-state index contributed by atoms with van der Waals surface area (Å²) in [4.78, 5) is 26.3. The number of nitrogens with zero attached hydrogens (tertiary/aromatic N) is 1. The van der Waals surface area contributed by atoms with E-state index in [9.17, 15) is 9.59 Å². The molecule has 1 unspecified atom stereocenters. The summed E-state index contributed by atoms with van der Waals surface area (Å²) in [5, 5.41) is 2.96. The Labute approximate surface area is 147 Å². The highest BCUT2D eigenvalue weighted by Gasteiger charge is 2.34. The van der Waals surface area contributed by atoms with Crippen molar-refractivity contribution < 1.29 is 14.3 Å². The number of ether oxygens (including phenoxy) is 1. The first kappa shape index (κ1) is 17.1. The Morgan fingerprint density at radius 2 is 2.04 bits per heavy atom. The molecule has 24 heavy (non-hydrogen) atoms. The Morgan fingerprint density at radius 3 is 2.79 bits per heavy atom. The third-order valence-electron chi connectivity index (χ3n) is 4.55. The van der Waals surface area contributed by atoms with Crippen LogP contribution < -0.4 is 10.1 Å². The van der Waals surface area contributed by atoms with E-state index in [1.807, 2.05) is 31.2 Å². The Bertz CT molecular complexity index is 602. The van der Waals surface area contributed by atoms with Crippen LogP contribution in [-0.2, 0) is 9.59 Å². The average molecular weight is 348 g/mol. The molecule has 1 saturated carbocycles. The summed E-state index contributed by atoms with van der Waals surface area (Å²) in [5.41, 5.74) is 0.690. The molecule has 0 radical (unpaired) electrons. The van der Waals surface area contributed by atoms with Crippen molar-refractivity contribution in [2.75, 3.05) is 16.9 Å². The smallest absolute Gasteiger partial charge is 0.248 e. The van der Waals surface area contributed by atoms with Crippen LogP contribution in [0.5, 0.6) is 5.75 Å². The van der Waals surface area contributed by atoms with Crippen LogP contribution in [-0.4, -0.2) is 40.5 Å². The van der Waals surface area contributed by atoms with Crippen LogP contribution in [0.15, 0.2) is 24.3 Å². The molecule has 2 amide bonds. The summed E-state index contributed by atoms with van der Waals surface area (Å²) in [6, 6.07) is 7.15. The summed E-state index contributed by atoms with van der Waals surface area (Å²) in [6.45, 7) is 1.82. The minimum absolute atomic E-state index is 0.0237. The number of thioether (sulfide) groups is 1. The fourth-order valence-corrected chi connectivity index (χ4v) is 4.36. The van der Waals surface area contributed by atoms with Crippen molar-refractivity contribution in [3.8, 4) is 5.75 Å².